The van der Waals surface area contributed by atoms with Crippen LogP contribution in [-0.2, 0) is 10.0 Å². The van der Waals surface area contributed by atoms with Gasteiger partial charge in [-0.3, -0.25) is 0 Å². The van der Waals surface area contributed by atoms with E-state index in [0.29, 0.717) is 17.3 Å². The summed E-state index contributed by atoms with van der Waals surface area (Å²) >= 11 is 1.21. The van der Waals surface area contributed by atoms with E-state index in [1.165, 1.54) is 27.9 Å². The average molecular weight is 354 g/mol. The first-order valence-corrected chi connectivity index (χ1v) is 9.82. The van der Waals surface area contributed by atoms with Gasteiger partial charge in [0.1, 0.15) is 5.82 Å². The van der Waals surface area contributed by atoms with Crippen molar-refractivity contribution in [3.63, 3.8) is 0 Å². The van der Waals surface area contributed by atoms with Gasteiger partial charge in [0.15, 0.2) is 4.21 Å². The Morgan fingerprint density at radius 2 is 1.96 bits per heavy atom. The molecule has 0 unspecified atom stereocenters. The summed E-state index contributed by atoms with van der Waals surface area (Å²) < 4.78 is 40.3. The molecule has 0 N–H and O–H groups in total. The summed E-state index contributed by atoms with van der Waals surface area (Å²) in [5.74, 6) is 0.0528. The molecular formula is C16H19FN2O2S2. The number of hydrogen-bond donors (Lipinski definition) is 0. The monoisotopic (exact) mass is 354 g/mol. The predicted molar refractivity (Wildman–Crippen MR) is 88.7 cm³/mol. The zero-order valence-electron chi connectivity index (χ0n) is 13.1. The third kappa shape index (κ3) is 3.32. The van der Waals surface area contributed by atoms with Gasteiger partial charge in [-0.05, 0) is 55.9 Å². The van der Waals surface area contributed by atoms with Crippen molar-refractivity contribution in [1.82, 2.24) is 9.29 Å². The molecule has 1 fully saturated rings. The second kappa shape index (κ2) is 6.30. The van der Waals surface area contributed by atoms with Gasteiger partial charge < -0.3 is 0 Å². The molecule has 23 heavy (non-hydrogen) atoms. The molecule has 1 aliphatic rings. The van der Waals surface area contributed by atoms with E-state index in [1.807, 2.05) is 13.0 Å². The first kappa shape index (κ1) is 16.5. The molecule has 2 heterocycles. The Hall–Kier alpha value is -1.31. The minimum Gasteiger partial charge on any atom is -0.249 e. The number of nitrogens with zero attached hydrogens (tertiary/aromatic N) is 2. The lowest BCUT2D eigenvalue weighted by Gasteiger charge is -2.31. The maximum atomic E-state index is 13.2. The third-order valence-electron chi connectivity index (χ3n) is 4.32. The van der Waals surface area contributed by atoms with Crippen molar-refractivity contribution < 1.29 is 12.8 Å². The van der Waals surface area contributed by atoms with Crippen molar-refractivity contribution in [2.75, 3.05) is 13.1 Å². The summed E-state index contributed by atoms with van der Waals surface area (Å²) in [7, 11) is -3.43. The lowest BCUT2D eigenvalue weighted by molar-refractivity contribution is 0.319. The number of thiazole rings is 1. The molecule has 1 aromatic carbocycles. The molecule has 1 saturated heterocycles. The SMILES string of the molecule is Cc1ncc(S(=O)(=O)N2CCC(c3ccc(F)cc3C)CC2)s1. The number of benzene rings is 1. The quantitative estimate of drug-likeness (QED) is 0.848. The highest BCUT2D eigenvalue weighted by molar-refractivity contribution is 7.91. The van der Waals surface area contributed by atoms with Crippen LogP contribution in [0.2, 0.25) is 0 Å². The van der Waals surface area contributed by atoms with Crippen LogP contribution in [0.5, 0.6) is 0 Å². The van der Waals surface area contributed by atoms with Crippen molar-refractivity contribution in [2.45, 2.75) is 36.8 Å². The minimum absolute atomic E-state index is 0.230. The van der Waals surface area contributed by atoms with Gasteiger partial charge in [0.2, 0.25) is 0 Å². The van der Waals surface area contributed by atoms with Crippen molar-refractivity contribution >= 4 is 21.4 Å². The van der Waals surface area contributed by atoms with E-state index in [4.69, 9.17) is 0 Å². The van der Waals surface area contributed by atoms with Crippen molar-refractivity contribution in [3.05, 3.63) is 46.3 Å². The fourth-order valence-electron chi connectivity index (χ4n) is 3.09. The van der Waals surface area contributed by atoms with Crippen molar-refractivity contribution in [1.29, 1.82) is 0 Å². The summed E-state index contributed by atoms with van der Waals surface area (Å²) in [4.78, 5) is 4.04. The summed E-state index contributed by atoms with van der Waals surface area (Å²) in [5.41, 5.74) is 2.06. The van der Waals surface area contributed by atoms with Crippen LogP contribution in [0.4, 0.5) is 4.39 Å². The highest BCUT2D eigenvalue weighted by Gasteiger charge is 2.31. The molecular weight excluding hydrogens is 335 g/mol. The van der Waals surface area contributed by atoms with Crippen LogP contribution in [0.3, 0.4) is 0 Å². The van der Waals surface area contributed by atoms with E-state index < -0.39 is 10.0 Å². The lowest BCUT2D eigenvalue weighted by atomic mass is 9.87. The Kier molecular flexibility index (Phi) is 4.53. The smallest absolute Gasteiger partial charge is 0.249 e. The fraction of sp³-hybridized carbons (Fsp3) is 0.438. The Balaban J connectivity index is 1.73. The molecule has 0 aliphatic carbocycles. The zero-order valence-corrected chi connectivity index (χ0v) is 14.8. The Morgan fingerprint density at radius 3 is 2.52 bits per heavy atom. The standard InChI is InChI=1S/C16H19FN2O2S2/c1-11-9-14(17)3-4-15(11)13-5-7-19(8-6-13)23(20,21)16-10-18-12(2)22-16/h3-4,9-10,13H,5-8H2,1-2H3. The molecule has 4 nitrogen and oxygen atoms in total. The first-order valence-electron chi connectivity index (χ1n) is 7.56. The van der Waals surface area contributed by atoms with Crippen LogP contribution < -0.4 is 0 Å². The number of piperidine rings is 1. The molecule has 0 amide bonds. The molecule has 1 aromatic heterocycles. The summed E-state index contributed by atoms with van der Waals surface area (Å²) in [6.07, 6.45) is 2.94. The molecule has 2 aromatic rings. The van der Waals surface area contributed by atoms with Crippen LogP contribution in [-0.4, -0.2) is 30.8 Å². The van der Waals surface area contributed by atoms with Gasteiger partial charge in [-0.25, -0.2) is 17.8 Å². The molecule has 7 heteroatoms. The van der Waals surface area contributed by atoms with E-state index in [0.717, 1.165) is 29.0 Å². The Bertz CT molecular complexity index is 809. The predicted octanol–water partition coefficient (Wildman–Crippen LogP) is 3.47. The second-order valence-corrected chi connectivity index (χ2v) is 9.28. The fourth-order valence-corrected chi connectivity index (χ4v) is 5.83. The number of aryl methyl sites for hydroxylation is 2. The number of rotatable bonds is 3. The molecule has 0 radical (unpaired) electrons. The first-order chi connectivity index (χ1) is 10.9. The van der Waals surface area contributed by atoms with Crippen LogP contribution >= 0.6 is 11.3 Å². The van der Waals surface area contributed by atoms with Gasteiger partial charge in [0.05, 0.1) is 11.2 Å². The maximum Gasteiger partial charge on any atom is 0.254 e. The topological polar surface area (TPSA) is 50.3 Å². The molecule has 0 saturated carbocycles. The number of hydrogen-bond acceptors (Lipinski definition) is 4. The van der Waals surface area contributed by atoms with E-state index in [2.05, 4.69) is 4.98 Å². The molecule has 124 valence electrons. The highest BCUT2D eigenvalue weighted by atomic mass is 32.2. The molecule has 0 bridgehead atoms. The summed E-state index contributed by atoms with van der Waals surface area (Å²) in [5, 5.41) is 0.750. The van der Waals surface area contributed by atoms with Gasteiger partial charge in [-0.2, -0.15) is 4.31 Å². The van der Waals surface area contributed by atoms with E-state index in [9.17, 15) is 12.8 Å². The number of halogens is 1. The van der Waals surface area contributed by atoms with Crippen LogP contribution in [0, 0.1) is 19.7 Å². The van der Waals surface area contributed by atoms with Gasteiger partial charge in [-0.15, -0.1) is 11.3 Å². The van der Waals surface area contributed by atoms with Crippen LogP contribution in [0.1, 0.15) is 34.9 Å². The largest absolute Gasteiger partial charge is 0.254 e. The zero-order chi connectivity index (χ0) is 16.6. The lowest BCUT2D eigenvalue weighted by Crippen LogP contribution is -2.37. The highest BCUT2D eigenvalue weighted by Crippen LogP contribution is 2.33. The molecule has 1 aliphatic heterocycles. The average Bonchev–Trinajstić information content (AvgIpc) is 2.95. The van der Waals surface area contributed by atoms with Crippen molar-refractivity contribution in [2.24, 2.45) is 0 Å². The normalized spacial score (nSPS) is 17.5. The van der Waals surface area contributed by atoms with E-state index >= 15 is 0 Å². The Morgan fingerprint density at radius 1 is 1.26 bits per heavy atom. The number of aromatic nitrogens is 1. The van der Waals surface area contributed by atoms with Crippen LogP contribution in [0.25, 0.3) is 0 Å². The third-order valence-corrected chi connectivity index (χ3v) is 7.57. The van der Waals surface area contributed by atoms with Gasteiger partial charge in [0.25, 0.3) is 10.0 Å². The number of sulfonamides is 1. The van der Waals surface area contributed by atoms with Gasteiger partial charge in [-0.1, -0.05) is 6.07 Å². The minimum atomic E-state index is -3.43. The second-order valence-electron chi connectivity index (χ2n) is 5.88. The van der Waals surface area contributed by atoms with Crippen LogP contribution in [0.15, 0.2) is 28.6 Å². The van der Waals surface area contributed by atoms with Crippen molar-refractivity contribution in [3.8, 4) is 0 Å². The summed E-state index contributed by atoms with van der Waals surface area (Å²) in [6, 6.07) is 4.84. The van der Waals surface area contributed by atoms with E-state index in [-0.39, 0.29) is 11.7 Å². The molecule has 3 rings (SSSR count). The van der Waals surface area contributed by atoms with Gasteiger partial charge >= 0.3 is 0 Å². The molecule has 0 atom stereocenters. The summed E-state index contributed by atoms with van der Waals surface area (Å²) in [6.45, 7) is 4.68. The van der Waals surface area contributed by atoms with E-state index in [1.54, 1.807) is 13.0 Å². The van der Waals surface area contributed by atoms with Gasteiger partial charge in [0, 0.05) is 13.1 Å². The Labute approximate surface area is 140 Å². The maximum absolute atomic E-state index is 13.2. The molecule has 0 spiro atoms.